The third-order valence-corrected chi connectivity index (χ3v) is 4.93. The van der Waals surface area contributed by atoms with Crippen molar-refractivity contribution in [1.82, 2.24) is 0 Å². The van der Waals surface area contributed by atoms with Crippen LogP contribution in [0.25, 0.3) is 0 Å². The van der Waals surface area contributed by atoms with E-state index in [1.165, 1.54) is 0 Å². The van der Waals surface area contributed by atoms with E-state index in [1.807, 2.05) is 13.8 Å². The molecule has 2 rings (SSSR count). The van der Waals surface area contributed by atoms with Crippen molar-refractivity contribution < 1.29 is 17.6 Å². The number of nitrogens with one attached hydrogen (secondary N) is 1. The molecule has 1 aromatic rings. The highest BCUT2D eigenvalue weighted by Crippen LogP contribution is 2.43. The Morgan fingerprint density at radius 1 is 1.38 bits per heavy atom. The van der Waals surface area contributed by atoms with Gasteiger partial charge in [0.1, 0.15) is 5.82 Å². The third-order valence-electron chi connectivity index (χ3n) is 4.04. The minimum Gasteiger partial charge on any atom is -0.326 e. The Balaban J connectivity index is 2.24. The smallest absolute Gasteiger partial charge is 0.238 e. The summed E-state index contributed by atoms with van der Waals surface area (Å²) >= 11 is 0. The number of rotatable bonds is 3. The van der Waals surface area contributed by atoms with Crippen molar-refractivity contribution in [3.8, 4) is 0 Å². The average Bonchev–Trinajstić information content (AvgIpc) is 2.67. The fourth-order valence-electron chi connectivity index (χ4n) is 2.84. The molecule has 5 nitrogen and oxygen atoms in total. The molecule has 0 aromatic heterocycles. The van der Waals surface area contributed by atoms with Gasteiger partial charge in [0, 0.05) is 11.6 Å². The number of nitrogens with two attached hydrogens (primary N) is 1. The number of benzene rings is 1. The number of amides is 1. The van der Waals surface area contributed by atoms with E-state index in [0.29, 0.717) is 0 Å². The van der Waals surface area contributed by atoms with Crippen molar-refractivity contribution >= 4 is 21.6 Å². The molecular weight excluding hydrogens is 295 g/mol. The van der Waals surface area contributed by atoms with Crippen molar-refractivity contribution in [3.05, 3.63) is 24.0 Å². The van der Waals surface area contributed by atoms with Crippen molar-refractivity contribution in [2.24, 2.45) is 16.5 Å². The van der Waals surface area contributed by atoms with Crippen LogP contribution in [0.1, 0.15) is 33.1 Å². The van der Waals surface area contributed by atoms with Crippen LogP contribution in [0, 0.1) is 17.2 Å². The zero-order chi connectivity index (χ0) is 15.8. The first kappa shape index (κ1) is 15.9. The molecule has 21 heavy (non-hydrogen) atoms. The number of hydrogen-bond donors (Lipinski definition) is 2. The van der Waals surface area contributed by atoms with Crippen LogP contribution in [0.4, 0.5) is 10.1 Å². The van der Waals surface area contributed by atoms with Gasteiger partial charge in [0.15, 0.2) is 0 Å². The minimum absolute atomic E-state index is 0.103. The lowest BCUT2D eigenvalue weighted by Crippen LogP contribution is -2.30. The molecule has 1 aliphatic rings. The van der Waals surface area contributed by atoms with Crippen molar-refractivity contribution in [1.29, 1.82) is 0 Å². The van der Waals surface area contributed by atoms with Gasteiger partial charge in [-0.15, -0.1) is 0 Å². The van der Waals surface area contributed by atoms with E-state index in [1.54, 1.807) is 0 Å². The second-order valence-corrected chi connectivity index (χ2v) is 7.70. The molecule has 1 aromatic carbocycles. The van der Waals surface area contributed by atoms with E-state index in [2.05, 4.69) is 5.32 Å². The highest BCUT2D eigenvalue weighted by molar-refractivity contribution is 7.89. The van der Waals surface area contributed by atoms with E-state index in [-0.39, 0.29) is 27.8 Å². The predicted molar refractivity (Wildman–Crippen MR) is 77.5 cm³/mol. The Kier molecular flexibility index (Phi) is 4.08. The minimum atomic E-state index is -4.02. The molecule has 1 amide bonds. The van der Waals surface area contributed by atoms with Gasteiger partial charge >= 0.3 is 0 Å². The molecule has 0 heterocycles. The van der Waals surface area contributed by atoms with Gasteiger partial charge in [-0.25, -0.2) is 17.9 Å². The van der Waals surface area contributed by atoms with Gasteiger partial charge in [-0.1, -0.05) is 20.3 Å². The first-order chi connectivity index (χ1) is 9.59. The molecule has 1 saturated carbocycles. The van der Waals surface area contributed by atoms with Crippen molar-refractivity contribution in [3.63, 3.8) is 0 Å². The number of primary sulfonamides is 1. The number of carbonyl (C=O) groups is 1. The molecule has 1 fully saturated rings. The molecule has 1 atom stereocenters. The fourth-order valence-corrected chi connectivity index (χ4v) is 3.41. The Labute approximate surface area is 123 Å². The largest absolute Gasteiger partial charge is 0.326 e. The van der Waals surface area contributed by atoms with Gasteiger partial charge < -0.3 is 5.32 Å². The van der Waals surface area contributed by atoms with Crippen LogP contribution >= 0.6 is 0 Å². The summed E-state index contributed by atoms with van der Waals surface area (Å²) in [5.41, 5.74) is -0.00748. The Hall–Kier alpha value is -1.47. The van der Waals surface area contributed by atoms with E-state index >= 15 is 0 Å². The highest BCUT2D eigenvalue weighted by atomic mass is 32.2. The zero-order valence-electron chi connectivity index (χ0n) is 12.0. The lowest BCUT2D eigenvalue weighted by Gasteiger charge is -2.25. The second-order valence-electron chi connectivity index (χ2n) is 6.14. The van der Waals surface area contributed by atoms with Crippen LogP contribution in [0.3, 0.4) is 0 Å². The maximum Gasteiger partial charge on any atom is 0.238 e. The monoisotopic (exact) mass is 314 g/mol. The summed E-state index contributed by atoms with van der Waals surface area (Å²) in [5, 5.41) is 7.58. The van der Waals surface area contributed by atoms with Crippen LogP contribution in [0.5, 0.6) is 0 Å². The molecular formula is C14H19FN2O3S. The van der Waals surface area contributed by atoms with Gasteiger partial charge in [-0.3, -0.25) is 4.79 Å². The van der Waals surface area contributed by atoms with Crippen LogP contribution in [0.15, 0.2) is 23.1 Å². The van der Waals surface area contributed by atoms with Gasteiger partial charge in [0.2, 0.25) is 15.9 Å². The van der Waals surface area contributed by atoms with Gasteiger partial charge in [-0.05, 0) is 36.5 Å². The summed E-state index contributed by atoms with van der Waals surface area (Å²) < 4.78 is 36.0. The van der Waals surface area contributed by atoms with E-state index in [4.69, 9.17) is 5.14 Å². The van der Waals surface area contributed by atoms with E-state index < -0.39 is 15.8 Å². The summed E-state index contributed by atoms with van der Waals surface area (Å²) in [5.74, 6) is -1.15. The number of carbonyl (C=O) groups excluding carboxylic acids is 1. The summed E-state index contributed by atoms with van der Waals surface area (Å²) in [6.07, 6.45) is 2.70. The molecule has 7 heteroatoms. The lowest BCUT2D eigenvalue weighted by atomic mass is 9.81. The van der Waals surface area contributed by atoms with Crippen LogP contribution in [-0.4, -0.2) is 14.3 Å². The van der Waals surface area contributed by atoms with Crippen LogP contribution in [0.2, 0.25) is 0 Å². The van der Waals surface area contributed by atoms with Gasteiger partial charge in [0.05, 0.1) is 4.90 Å². The number of halogens is 1. The fraction of sp³-hybridized carbons (Fsp3) is 0.500. The third kappa shape index (κ3) is 3.59. The Morgan fingerprint density at radius 3 is 2.57 bits per heavy atom. The summed E-state index contributed by atoms with van der Waals surface area (Å²) in [6, 6.07) is 3.07. The SMILES string of the molecule is CC1(C)CCCC1C(=O)Nc1cc(F)cc(S(N)(=O)=O)c1. The predicted octanol–water partition coefficient (Wildman–Crippen LogP) is 2.24. The first-order valence-corrected chi connectivity index (χ1v) is 8.28. The normalized spacial score (nSPS) is 21.2. The standard InChI is InChI=1S/C14H19FN2O3S/c1-14(2)5-3-4-12(14)13(18)17-10-6-9(15)7-11(8-10)21(16,19)20/h6-8,12H,3-5H2,1-2H3,(H,17,18)(H2,16,19,20). The van der Waals surface area contributed by atoms with Gasteiger partial charge in [0.25, 0.3) is 0 Å². The summed E-state index contributed by atoms with van der Waals surface area (Å²) in [4.78, 5) is 11.9. The molecule has 116 valence electrons. The molecule has 0 aliphatic heterocycles. The van der Waals surface area contributed by atoms with Gasteiger partial charge in [-0.2, -0.15) is 0 Å². The molecule has 0 spiro atoms. The molecule has 0 radical (unpaired) electrons. The Bertz CT molecular complexity index is 671. The summed E-state index contributed by atoms with van der Waals surface area (Å²) in [6.45, 7) is 4.04. The van der Waals surface area contributed by atoms with Crippen molar-refractivity contribution in [2.45, 2.75) is 38.0 Å². The molecule has 0 bridgehead atoms. The lowest BCUT2D eigenvalue weighted by molar-refractivity contribution is -0.122. The maximum absolute atomic E-state index is 13.5. The number of sulfonamides is 1. The molecule has 1 unspecified atom stereocenters. The Morgan fingerprint density at radius 2 is 2.05 bits per heavy atom. The number of anilines is 1. The topological polar surface area (TPSA) is 89.3 Å². The van der Waals surface area contributed by atoms with E-state index in [0.717, 1.165) is 37.5 Å². The quantitative estimate of drug-likeness (QED) is 0.896. The summed E-state index contributed by atoms with van der Waals surface area (Å²) in [7, 11) is -4.02. The van der Waals surface area contributed by atoms with Crippen molar-refractivity contribution in [2.75, 3.05) is 5.32 Å². The number of hydrogen-bond acceptors (Lipinski definition) is 3. The zero-order valence-corrected chi connectivity index (χ0v) is 12.8. The van der Waals surface area contributed by atoms with Crippen LogP contribution < -0.4 is 10.5 Å². The molecule has 0 saturated heterocycles. The van der Waals surface area contributed by atoms with Crippen LogP contribution in [-0.2, 0) is 14.8 Å². The average molecular weight is 314 g/mol. The second kappa shape index (κ2) is 5.38. The molecule has 1 aliphatic carbocycles. The molecule has 3 N–H and O–H groups in total. The first-order valence-electron chi connectivity index (χ1n) is 6.74. The highest BCUT2D eigenvalue weighted by Gasteiger charge is 2.39. The van der Waals surface area contributed by atoms with E-state index in [9.17, 15) is 17.6 Å². The maximum atomic E-state index is 13.5.